The summed E-state index contributed by atoms with van der Waals surface area (Å²) in [5.74, 6) is 0.919. The van der Waals surface area contributed by atoms with Gasteiger partial charge in [0.1, 0.15) is 0 Å². The first-order valence-electron chi connectivity index (χ1n) is 7.27. The van der Waals surface area contributed by atoms with Gasteiger partial charge in [0.15, 0.2) is 0 Å². The molecule has 0 aromatic carbocycles. The molecule has 3 fully saturated rings. The Morgan fingerprint density at radius 2 is 2.12 bits per heavy atom. The number of nitrogens with zero attached hydrogens (tertiary/aromatic N) is 1. The Morgan fingerprint density at radius 1 is 1.29 bits per heavy atom. The lowest BCUT2D eigenvalue weighted by Gasteiger charge is -2.49. The van der Waals surface area contributed by atoms with Gasteiger partial charge in [0.2, 0.25) is 0 Å². The van der Waals surface area contributed by atoms with E-state index in [-0.39, 0.29) is 0 Å². The van der Waals surface area contributed by atoms with Gasteiger partial charge in [-0.15, -0.1) is 0 Å². The molecule has 2 saturated heterocycles. The van der Waals surface area contributed by atoms with Crippen LogP contribution < -0.4 is 5.32 Å². The monoisotopic (exact) mass is 238 g/mol. The van der Waals surface area contributed by atoms with E-state index in [0.717, 1.165) is 25.7 Å². The van der Waals surface area contributed by atoms with Crippen LogP contribution in [-0.4, -0.2) is 48.8 Å². The van der Waals surface area contributed by atoms with Gasteiger partial charge in [0.25, 0.3) is 0 Å². The van der Waals surface area contributed by atoms with Gasteiger partial charge < -0.3 is 10.1 Å². The average molecular weight is 238 g/mol. The van der Waals surface area contributed by atoms with E-state index in [1.807, 2.05) is 0 Å². The Balaban J connectivity index is 1.68. The standard InChI is InChI=1S/C14H26N2O/c1-11-8-15-14(2,12-5-6-12)10-16(11)13-4-3-7-17-9-13/h11-13,15H,3-10H2,1-2H3. The van der Waals surface area contributed by atoms with Crippen LogP contribution in [0.5, 0.6) is 0 Å². The van der Waals surface area contributed by atoms with Crippen LogP contribution in [0.3, 0.4) is 0 Å². The largest absolute Gasteiger partial charge is 0.380 e. The van der Waals surface area contributed by atoms with E-state index in [2.05, 4.69) is 24.1 Å². The maximum atomic E-state index is 5.67. The average Bonchev–Trinajstić information content (AvgIpc) is 3.18. The summed E-state index contributed by atoms with van der Waals surface area (Å²) in [6.45, 7) is 9.06. The summed E-state index contributed by atoms with van der Waals surface area (Å²) in [6, 6.07) is 1.33. The molecule has 3 rings (SSSR count). The van der Waals surface area contributed by atoms with Crippen LogP contribution in [0, 0.1) is 5.92 Å². The van der Waals surface area contributed by atoms with Crippen molar-refractivity contribution in [3.8, 4) is 0 Å². The SMILES string of the molecule is CC1CNC(C)(C2CC2)CN1C1CCCOC1. The summed E-state index contributed by atoms with van der Waals surface area (Å²) in [5.41, 5.74) is 0.365. The number of hydrogen-bond acceptors (Lipinski definition) is 3. The molecule has 3 aliphatic rings. The molecule has 0 spiro atoms. The second-order valence-electron chi connectivity index (χ2n) is 6.46. The van der Waals surface area contributed by atoms with Gasteiger partial charge in [-0.3, -0.25) is 4.90 Å². The number of nitrogens with one attached hydrogen (secondary N) is 1. The molecule has 0 aromatic heterocycles. The molecular formula is C14H26N2O. The predicted molar refractivity (Wildman–Crippen MR) is 69.1 cm³/mol. The van der Waals surface area contributed by atoms with Crippen molar-refractivity contribution in [2.24, 2.45) is 5.92 Å². The lowest BCUT2D eigenvalue weighted by atomic mass is 9.89. The van der Waals surface area contributed by atoms with Gasteiger partial charge in [-0.25, -0.2) is 0 Å². The molecule has 2 aliphatic heterocycles. The highest BCUT2D eigenvalue weighted by molar-refractivity contribution is 5.04. The van der Waals surface area contributed by atoms with Crippen molar-refractivity contribution in [2.75, 3.05) is 26.3 Å². The summed E-state index contributed by atoms with van der Waals surface area (Å²) in [7, 11) is 0. The van der Waals surface area contributed by atoms with E-state index in [0.29, 0.717) is 17.6 Å². The third-order valence-electron chi connectivity index (χ3n) is 4.96. The predicted octanol–water partition coefficient (Wildman–Crippen LogP) is 1.63. The van der Waals surface area contributed by atoms with Crippen molar-refractivity contribution in [3.05, 3.63) is 0 Å². The Morgan fingerprint density at radius 3 is 2.76 bits per heavy atom. The highest BCUT2D eigenvalue weighted by Crippen LogP contribution is 2.41. The zero-order chi connectivity index (χ0) is 11.9. The van der Waals surface area contributed by atoms with E-state index < -0.39 is 0 Å². The summed E-state index contributed by atoms with van der Waals surface area (Å²) < 4.78 is 5.67. The van der Waals surface area contributed by atoms with Crippen LogP contribution in [0.2, 0.25) is 0 Å². The molecule has 3 atom stereocenters. The van der Waals surface area contributed by atoms with Crippen molar-refractivity contribution >= 4 is 0 Å². The summed E-state index contributed by atoms with van der Waals surface area (Å²) in [6.07, 6.45) is 5.41. The fourth-order valence-electron chi connectivity index (χ4n) is 3.56. The minimum Gasteiger partial charge on any atom is -0.380 e. The van der Waals surface area contributed by atoms with E-state index in [9.17, 15) is 0 Å². The van der Waals surface area contributed by atoms with E-state index >= 15 is 0 Å². The molecular weight excluding hydrogens is 212 g/mol. The maximum absolute atomic E-state index is 5.67. The molecule has 17 heavy (non-hydrogen) atoms. The highest BCUT2D eigenvalue weighted by atomic mass is 16.5. The molecule has 0 aromatic rings. The van der Waals surface area contributed by atoms with Crippen LogP contribution >= 0.6 is 0 Å². The molecule has 1 aliphatic carbocycles. The minimum atomic E-state index is 0.365. The Bertz CT molecular complexity index is 273. The number of hydrogen-bond donors (Lipinski definition) is 1. The smallest absolute Gasteiger partial charge is 0.0621 e. The first kappa shape index (κ1) is 11.9. The summed E-state index contributed by atoms with van der Waals surface area (Å²) in [5, 5.41) is 3.79. The van der Waals surface area contributed by atoms with Crippen molar-refractivity contribution < 1.29 is 4.74 Å². The lowest BCUT2D eigenvalue weighted by molar-refractivity contribution is -0.0273. The molecule has 98 valence electrons. The molecule has 1 N–H and O–H groups in total. The van der Waals surface area contributed by atoms with Gasteiger partial charge >= 0.3 is 0 Å². The van der Waals surface area contributed by atoms with E-state index in [1.165, 1.54) is 32.2 Å². The second-order valence-corrected chi connectivity index (χ2v) is 6.46. The number of rotatable bonds is 2. The van der Waals surface area contributed by atoms with Crippen molar-refractivity contribution in [2.45, 2.75) is 57.2 Å². The number of ether oxygens (including phenoxy) is 1. The van der Waals surface area contributed by atoms with Crippen LogP contribution in [0.15, 0.2) is 0 Å². The van der Waals surface area contributed by atoms with Gasteiger partial charge in [-0.05, 0) is 45.4 Å². The van der Waals surface area contributed by atoms with Crippen LogP contribution in [0.1, 0.15) is 39.5 Å². The molecule has 0 amide bonds. The van der Waals surface area contributed by atoms with Gasteiger partial charge in [-0.2, -0.15) is 0 Å². The quantitative estimate of drug-likeness (QED) is 0.791. The summed E-state index contributed by atoms with van der Waals surface area (Å²) in [4.78, 5) is 2.72. The zero-order valence-electron chi connectivity index (χ0n) is 11.2. The van der Waals surface area contributed by atoms with Crippen molar-refractivity contribution in [1.29, 1.82) is 0 Å². The Labute approximate surface area is 105 Å². The fraction of sp³-hybridized carbons (Fsp3) is 1.00. The van der Waals surface area contributed by atoms with Gasteiger partial charge in [0.05, 0.1) is 6.61 Å². The lowest BCUT2D eigenvalue weighted by Crippen LogP contribution is -2.66. The summed E-state index contributed by atoms with van der Waals surface area (Å²) >= 11 is 0. The molecule has 3 heteroatoms. The van der Waals surface area contributed by atoms with Gasteiger partial charge in [0, 0.05) is 37.3 Å². The third-order valence-corrected chi connectivity index (χ3v) is 4.96. The normalized spacial score (nSPS) is 44.8. The van der Waals surface area contributed by atoms with E-state index in [1.54, 1.807) is 0 Å². The molecule has 0 bridgehead atoms. The molecule has 2 heterocycles. The zero-order valence-corrected chi connectivity index (χ0v) is 11.2. The van der Waals surface area contributed by atoms with Crippen LogP contribution in [0.25, 0.3) is 0 Å². The van der Waals surface area contributed by atoms with Crippen molar-refractivity contribution in [1.82, 2.24) is 10.2 Å². The van der Waals surface area contributed by atoms with Crippen LogP contribution in [-0.2, 0) is 4.74 Å². The molecule has 3 unspecified atom stereocenters. The third kappa shape index (κ3) is 2.38. The molecule has 0 radical (unpaired) electrons. The topological polar surface area (TPSA) is 24.5 Å². The van der Waals surface area contributed by atoms with E-state index in [4.69, 9.17) is 4.74 Å². The highest BCUT2D eigenvalue weighted by Gasteiger charge is 2.46. The maximum Gasteiger partial charge on any atom is 0.0621 e. The Hall–Kier alpha value is -0.120. The van der Waals surface area contributed by atoms with Gasteiger partial charge in [-0.1, -0.05) is 0 Å². The first-order chi connectivity index (χ1) is 8.19. The molecule has 3 nitrogen and oxygen atoms in total. The molecule has 1 saturated carbocycles. The second kappa shape index (κ2) is 4.52. The fourth-order valence-corrected chi connectivity index (χ4v) is 3.56. The number of piperazine rings is 1. The first-order valence-corrected chi connectivity index (χ1v) is 7.27. The van der Waals surface area contributed by atoms with Crippen LogP contribution in [0.4, 0.5) is 0 Å². The minimum absolute atomic E-state index is 0.365. The Kier molecular flexibility index (Phi) is 3.18. The van der Waals surface area contributed by atoms with Crippen molar-refractivity contribution in [3.63, 3.8) is 0 Å².